The van der Waals surface area contributed by atoms with E-state index in [1.165, 1.54) is 18.7 Å². The van der Waals surface area contributed by atoms with Crippen LogP contribution in [-0.4, -0.2) is 102 Å². The van der Waals surface area contributed by atoms with E-state index in [1.54, 1.807) is 0 Å². The maximum Gasteiger partial charge on any atom is 0.246 e. The molecule has 1 heterocycles. The quantitative estimate of drug-likeness (QED) is 0.0775. The normalized spacial score (nSPS) is 14.8. The molecule has 14 nitrogen and oxygen atoms in total. The van der Waals surface area contributed by atoms with E-state index in [0.717, 1.165) is 65.7 Å². The van der Waals surface area contributed by atoms with Crippen molar-refractivity contribution in [2.45, 2.75) is 106 Å². The Morgan fingerprint density at radius 3 is 1.38 bits per heavy atom. The van der Waals surface area contributed by atoms with E-state index in [9.17, 15) is 33.6 Å². The topological polar surface area (TPSA) is 209 Å². The van der Waals surface area contributed by atoms with Gasteiger partial charge in [0.15, 0.2) is 0 Å². The molecule has 0 saturated carbocycles. The summed E-state index contributed by atoms with van der Waals surface area (Å²) in [6.45, 7) is 18.4. The minimum absolute atomic E-state index is 0.185. The molecule has 0 unspecified atom stereocenters. The number of aryl methyl sites for hydroxylation is 8. The standard InChI is InChI=1S/C52H67N7O7P2/c1-30-14-31(2)19-40(18-30)67(41-20-32(3)15-33(4)21-41)28-44(50(64)55-26-47(53)61)58-49(63)38(9)56-51(65)46-12-11-13-59(46)52(66)45(57-48(62)27-54-39(10)60)29-68(42-22-34(5)16-35(6)23-42)43-24-36(7)17-37(8)25-43/h14-25,38,44-46H,11-13,26-29H2,1-10H3,(H2,53,61)(H,54,60)(H,55,64)(H,56,65)(H,57,62)(H,58,63)/t38-,44+,45+,46+/m1/s1. The SMILES string of the molecule is CC(=O)NCC(=O)N[C@@H](CP(c1cc(C)cc(C)c1)c1cc(C)cc(C)c1)C(=O)N1CCC[C@H]1C(=O)N[C@H](C)C(=O)N[C@@H](CP(c1cc(C)cc(C)c1)c1cc(C)cc(C)c1)C(=O)NCC(N)=O. The lowest BCUT2D eigenvalue weighted by Crippen LogP contribution is -2.58. The Morgan fingerprint density at radius 1 is 0.574 bits per heavy atom. The molecule has 4 aromatic carbocycles. The van der Waals surface area contributed by atoms with Crippen LogP contribution in [0.15, 0.2) is 72.8 Å². The first kappa shape index (κ1) is 53.0. The third-order valence-electron chi connectivity index (χ3n) is 11.6. The predicted molar refractivity (Wildman–Crippen MR) is 273 cm³/mol. The van der Waals surface area contributed by atoms with Crippen LogP contribution in [0.1, 0.15) is 71.2 Å². The smallest absolute Gasteiger partial charge is 0.246 e. The van der Waals surface area contributed by atoms with Crippen LogP contribution in [0.2, 0.25) is 0 Å². The van der Waals surface area contributed by atoms with E-state index >= 15 is 0 Å². The summed E-state index contributed by atoms with van der Waals surface area (Å²) >= 11 is 0. The molecule has 4 aromatic rings. The number of primary amides is 1. The number of hydrogen-bond acceptors (Lipinski definition) is 7. The van der Waals surface area contributed by atoms with Gasteiger partial charge in [-0.1, -0.05) is 117 Å². The van der Waals surface area contributed by atoms with E-state index in [2.05, 4.69) is 99.4 Å². The number of benzene rings is 4. The number of nitrogens with one attached hydrogen (secondary N) is 5. The molecule has 1 saturated heterocycles. The van der Waals surface area contributed by atoms with Crippen molar-refractivity contribution in [3.8, 4) is 0 Å². The second kappa shape index (κ2) is 23.8. The van der Waals surface area contributed by atoms with Crippen molar-refractivity contribution in [2.75, 3.05) is 32.0 Å². The first-order chi connectivity index (χ1) is 32.1. The van der Waals surface area contributed by atoms with Gasteiger partial charge in [-0.15, -0.1) is 0 Å². The zero-order valence-corrected chi connectivity index (χ0v) is 42.8. The van der Waals surface area contributed by atoms with E-state index in [0.29, 0.717) is 12.8 Å². The average Bonchev–Trinajstić information content (AvgIpc) is 3.73. The molecule has 4 atom stereocenters. The van der Waals surface area contributed by atoms with Crippen LogP contribution in [0.4, 0.5) is 0 Å². The van der Waals surface area contributed by atoms with Gasteiger partial charge in [-0.05, 0) is 112 Å². The van der Waals surface area contributed by atoms with Gasteiger partial charge in [-0.3, -0.25) is 33.6 Å². The maximum absolute atomic E-state index is 14.9. The monoisotopic (exact) mass is 963 g/mol. The van der Waals surface area contributed by atoms with E-state index < -0.39 is 87.9 Å². The van der Waals surface area contributed by atoms with Crippen molar-refractivity contribution in [2.24, 2.45) is 5.73 Å². The molecule has 0 spiro atoms. The second-order valence-electron chi connectivity index (χ2n) is 18.3. The summed E-state index contributed by atoms with van der Waals surface area (Å²) in [4.78, 5) is 95.5. The van der Waals surface area contributed by atoms with Crippen molar-refractivity contribution in [1.29, 1.82) is 0 Å². The Bertz CT molecular complexity index is 2380. The van der Waals surface area contributed by atoms with Gasteiger partial charge < -0.3 is 37.2 Å². The highest BCUT2D eigenvalue weighted by Crippen LogP contribution is 2.38. The molecule has 16 heteroatoms. The lowest BCUT2D eigenvalue weighted by molar-refractivity contribution is -0.141. The van der Waals surface area contributed by atoms with Gasteiger partial charge in [0, 0.05) is 25.8 Å². The predicted octanol–water partition coefficient (Wildman–Crippen LogP) is 2.92. The summed E-state index contributed by atoms with van der Waals surface area (Å²) in [5, 5.41) is 17.7. The highest BCUT2D eigenvalue weighted by Gasteiger charge is 2.40. The molecule has 0 aromatic heterocycles. The van der Waals surface area contributed by atoms with Crippen LogP contribution in [0.5, 0.6) is 0 Å². The van der Waals surface area contributed by atoms with Crippen LogP contribution in [0, 0.1) is 55.4 Å². The van der Waals surface area contributed by atoms with Crippen molar-refractivity contribution in [3.05, 3.63) is 117 Å². The molecule has 0 aliphatic carbocycles. The first-order valence-corrected chi connectivity index (χ1v) is 26.0. The Hall–Kier alpha value is -5.97. The lowest BCUT2D eigenvalue weighted by Gasteiger charge is -2.32. The lowest BCUT2D eigenvalue weighted by atomic mass is 10.1. The summed E-state index contributed by atoms with van der Waals surface area (Å²) in [6.07, 6.45) is 1.23. The van der Waals surface area contributed by atoms with Gasteiger partial charge in [-0.25, -0.2) is 0 Å². The number of amides is 7. The van der Waals surface area contributed by atoms with Crippen LogP contribution >= 0.6 is 15.8 Å². The largest absolute Gasteiger partial charge is 0.368 e. The van der Waals surface area contributed by atoms with Gasteiger partial charge >= 0.3 is 0 Å². The van der Waals surface area contributed by atoms with Crippen molar-refractivity contribution in [3.63, 3.8) is 0 Å². The molecule has 0 radical (unpaired) electrons. The molecule has 1 aliphatic heterocycles. The fourth-order valence-electron chi connectivity index (χ4n) is 8.81. The summed E-state index contributed by atoms with van der Waals surface area (Å²) in [5.74, 6) is -3.94. The summed E-state index contributed by atoms with van der Waals surface area (Å²) in [7, 11) is -2.47. The molecule has 7 amide bonds. The number of nitrogens with two attached hydrogens (primary N) is 1. The van der Waals surface area contributed by atoms with Gasteiger partial charge in [0.05, 0.1) is 13.1 Å². The Balaban J connectivity index is 1.41. The third kappa shape index (κ3) is 15.0. The number of hydrogen-bond donors (Lipinski definition) is 6. The third-order valence-corrected chi connectivity index (χ3v) is 16.6. The Labute approximate surface area is 403 Å². The fourth-order valence-corrected chi connectivity index (χ4v) is 14.4. The van der Waals surface area contributed by atoms with Gasteiger partial charge in [0.2, 0.25) is 41.4 Å². The Kier molecular flexibility index (Phi) is 18.6. The number of rotatable bonds is 19. The highest BCUT2D eigenvalue weighted by molar-refractivity contribution is 7.73. The summed E-state index contributed by atoms with van der Waals surface area (Å²) in [6, 6.07) is 20.8. The second-order valence-corrected chi connectivity index (χ2v) is 22.8. The van der Waals surface area contributed by atoms with Crippen molar-refractivity contribution >= 4 is 78.4 Å². The van der Waals surface area contributed by atoms with Crippen LogP contribution in [0.25, 0.3) is 0 Å². The van der Waals surface area contributed by atoms with Crippen LogP contribution in [0.3, 0.4) is 0 Å². The minimum atomic E-state index is -1.24. The minimum Gasteiger partial charge on any atom is -0.368 e. The summed E-state index contributed by atoms with van der Waals surface area (Å²) in [5.41, 5.74) is 13.8. The zero-order chi connectivity index (χ0) is 50.0. The van der Waals surface area contributed by atoms with E-state index in [1.807, 2.05) is 55.4 Å². The zero-order valence-electron chi connectivity index (χ0n) is 41.0. The number of carbonyl (C=O) groups is 7. The molecule has 0 bridgehead atoms. The van der Waals surface area contributed by atoms with E-state index in [4.69, 9.17) is 5.73 Å². The van der Waals surface area contributed by atoms with Gasteiger partial charge in [-0.2, -0.15) is 0 Å². The fraction of sp³-hybridized carbons (Fsp3) is 0.404. The molecular formula is C52H67N7O7P2. The molecule has 1 fully saturated rings. The molecule has 68 heavy (non-hydrogen) atoms. The highest BCUT2D eigenvalue weighted by atomic mass is 31.1. The molecule has 5 rings (SSSR count). The maximum atomic E-state index is 14.9. The van der Waals surface area contributed by atoms with Gasteiger partial charge in [0.25, 0.3) is 0 Å². The number of nitrogens with zero attached hydrogens (tertiary/aromatic N) is 1. The van der Waals surface area contributed by atoms with Crippen molar-refractivity contribution in [1.82, 2.24) is 31.5 Å². The Morgan fingerprint density at radius 2 is 0.985 bits per heavy atom. The molecular weight excluding hydrogens is 897 g/mol. The average molecular weight is 964 g/mol. The summed E-state index contributed by atoms with van der Waals surface area (Å²) < 4.78 is 0. The first-order valence-electron chi connectivity index (χ1n) is 23.0. The van der Waals surface area contributed by atoms with Gasteiger partial charge in [0.1, 0.15) is 24.2 Å². The number of carbonyl (C=O) groups excluding carboxylic acids is 7. The van der Waals surface area contributed by atoms with Crippen LogP contribution in [-0.2, 0) is 33.6 Å². The van der Waals surface area contributed by atoms with E-state index in [-0.39, 0.29) is 25.4 Å². The number of likely N-dealkylation sites (tertiary alicyclic amines) is 1. The van der Waals surface area contributed by atoms with Crippen molar-refractivity contribution < 1.29 is 33.6 Å². The molecule has 1 aliphatic rings. The van der Waals surface area contributed by atoms with Crippen LogP contribution < -0.4 is 53.5 Å². The molecule has 7 N–H and O–H groups in total. The molecule has 362 valence electrons.